The van der Waals surface area contributed by atoms with Gasteiger partial charge in [-0.2, -0.15) is 9.36 Å². The summed E-state index contributed by atoms with van der Waals surface area (Å²) in [6, 6.07) is 10.2. The van der Waals surface area contributed by atoms with Gasteiger partial charge < -0.3 is 10.6 Å². The number of rotatable bonds is 7. The third-order valence-electron chi connectivity index (χ3n) is 6.55. The summed E-state index contributed by atoms with van der Waals surface area (Å²) in [6.45, 7) is 1.92. The lowest BCUT2D eigenvalue weighted by Crippen LogP contribution is -2.35. The van der Waals surface area contributed by atoms with Gasteiger partial charge in [0.05, 0.1) is 24.0 Å². The second-order valence-corrected chi connectivity index (χ2v) is 12.0. The van der Waals surface area contributed by atoms with Crippen LogP contribution in [-0.2, 0) is 23.3 Å². The molecule has 2 atom stereocenters. The van der Waals surface area contributed by atoms with Crippen molar-refractivity contribution in [3.63, 3.8) is 0 Å². The fourth-order valence-electron chi connectivity index (χ4n) is 4.43. The molecule has 0 saturated carbocycles. The average molecular weight is 580 g/mol. The number of fused-ring (bicyclic) bond motifs is 1. The van der Waals surface area contributed by atoms with Gasteiger partial charge in [-0.25, -0.2) is 23.4 Å². The lowest BCUT2D eigenvalue weighted by Gasteiger charge is -2.21. The first-order valence-electron chi connectivity index (χ1n) is 12.3. The Morgan fingerprint density at radius 1 is 1.10 bits per heavy atom. The second-order valence-electron chi connectivity index (χ2n) is 9.64. The summed E-state index contributed by atoms with van der Waals surface area (Å²) in [7, 11) is -1.28. The highest BCUT2D eigenvalue weighted by Gasteiger charge is 2.33. The molecule has 2 unspecified atom stereocenters. The van der Waals surface area contributed by atoms with Gasteiger partial charge in [0.15, 0.2) is 0 Å². The number of aromatic nitrogens is 6. The van der Waals surface area contributed by atoms with E-state index in [0.29, 0.717) is 28.1 Å². The fraction of sp³-hybridized carbons (Fsp3) is 0.231. The van der Waals surface area contributed by atoms with Crippen molar-refractivity contribution in [3.05, 3.63) is 93.2 Å². The third kappa shape index (κ3) is 5.56. The number of nitrogens with zero attached hydrogens (tertiary/aromatic N) is 7. The first-order valence-corrected chi connectivity index (χ1v) is 14.4. The molecular weight excluding hydrogens is 553 g/mol. The summed E-state index contributed by atoms with van der Waals surface area (Å²) < 4.78 is 30.3. The van der Waals surface area contributed by atoms with Crippen LogP contribution < -0.4 is 20.6 Å². The summed E-state index contributed by atoms with van der Waals surface area (Å²) in [6.07, 6.45) is 2.59. The molecule has 13 nitrogen and oxygen atoms in total. The molecule has 2 aromatic carbocycles. The summed E-state index contributed by atoms with van der Waals surface area (Å²) >= 11 is 0. The van der Waals surface area contributed by atoms with Crippen LogP contribution in [-0.4, -0.2) is 64.5 Å². The molecule has 212 valence electrons. The van der Waals surface area contributed by atoms with E-state index >= 15 is 0 Å². The Balaban J connectivity index is 1.34. The standard InChI is InChI=1S/C26H26FN9O4S/c1-15-9-16(5-8-19(15)27)12-28-24(37)20-11-21(30-14-29-20)25(38)31-22-13-35(41(3,4)40)23-10-17(6-7-18(22)23)36-26(39)34(2)32-33-36/h5-11,14,22H,3,12-13H2,1-2,4H3,(H,28,37)(H,31,38). The minimum Gasteiger partial charge on any atom is -0.347 e. The fourth-order valence-corrected chi connectivity index (χ4v) is 5.47. The minimum atomic E-state index is -2.75. The normalized spacial score (nSPS) is 15.7. The highest BCUT2D eigenvalue weighted by atomic mass is 32.2. The zero-order valence-electron chi connectivity index (χ0n) is 22.4. The van der Waals surface area contributed by atoms with E-state index in [1.807, 2.05) is 0 Å². The average Bonchev–Trinajstić information content (AvgIpc) is 3.48. The van der Waals surface area contributed by atoms with E-state index in [9.17, 15) is 23.0 Å². The van der Waals surface area contributed by atoms with Crippen LogP contribution in [0.4, 0.5) is 10.1 Å². The van der Waals surface area contributed by atoms with Crippen molar-refractivity contribution in [2.45, 2.75) is 19.5 Å². The summed E-state index contributed by atoms with van der Waals surface area (Å²) in [5.41, 5.74) is 2.22. The van der Waals surface area contributed by atoms with E-state index in [0.717, 1.165) is 15.7 Å². The first kappa shape index (κ1) is 27.6. The SMILES string of the molecule is C=S(C)(=O)N1CC(NC(=O)c2cc(C(=O)NCc3ccc(F)c(C)c3)ncn2)c2ccc(-n3nnn(C)c3=O)cc21. The Morgan fingerprint density at radius 3 is 2.49 bits per heavy atom. The number of carbonyl (C=O) groups excluding carboxylic acids is 2. The molecular formula is C26H26FN9O4S. The molecule has 0 radical (unpaired) electrons. The quantitative estimate of drug-likeness (QED) is 0.303. The second kappa shape index (κ2) is 10.6. The number of carbonyl (C=O) groups is 2. The van der Waals surface area contributed by atoms with Gasteiger partial charge in [-0.1, -0.05) is 18.2 Å². The van der Waals surface area contributed by atoms with Gasteiger partial charge in [0.25, 0.3) is 11.8 Å². The molecule has 5 rings (SSSR count). The molecule has 4 aromatic rings. The summed E-state index contributed by atoms with van der Waals surface area (Å²) in [5.74, 6) is 2.34. The Bertz CT molecular complexity index is 1850. The van der Waals surface area contributed by atoms with Crippen molar-refractivity contribution < 1.29 is 18.2 Å². The molecule has 3 heterocycles. The molecule has 2 N–H and O–H groups in total. The molecule has 0 aliphatic carbocycles. The maximum Gasteiger partial charge on any atom is 0.368 e. The van der Waals surface area contributed by atoms with Crippen molar-refractivity contribution in [2.75, 3.05) is 17.1 Å². The highest BCUT2D eigenvalue weighted by molar-refractivity contribution is 8.00. The number of hydrogen-bond donors (Lipinski definition) is 2. The number of nitrogens with one attached hydrogen (secondary N) is 2. The van der Waals surface area contributed by atoms with Gasteiger partial charge in [-0.15, -0.1) is 0 Å². The van der Waals surface area contributed by atoms with Crippen molar-refractivity contribution in [1.29, 1.82) is 0 Å². The Morgan fingerprint density at radius 2 is 1.83 bits per heavy atom. The van der Waals surface area contributed by atoms with Crippen LogP contribution in [0.5, 0.6) is 0 Å². The predicted molar refractivity (Wildman–Crippen MR) is 150 cm³/mol. The molecule has 0 bridgehead atoms. The van der Waals surface area contributed by atoms with E-state index in [4.69, 9.17) is 0 Å². The number of hydrogen-bond acceptors (Lipinski definition) is 8. The predicted octanol–water partition coefficient (Wildman–Crippen LogP) is 0.686. The molecule has 41 heavy (non-hydrogen) atoms. The lowest BCUT2D eigenvalue weighted by atomic mass is 10.1. The number of benzene rings is 2. The van der Waals surface area contributed by atoms with Crippen LogP contribution in [0.15, 0.2) is 53.6 Å². The van der Waals surface area contributed by atoms with Crippen LogP contribution in [0.1, 0.15) is 43.7 Å². The molecule has 1 aliphatic heterocycles. The van der Waals surface area contributed by atoms with E-state index in [-0.39, 0.29) is 30.3 Å². The zero-order chi connectivity index (χ0) is 29.5. The van der Waals surface area contributed by atoms with Gasteiger partial charge in [0, 0.05) is 41.2 Å². The first-order chi connectivity index (χ1) is 19.4. The van der Waals surface area contributed by atoms with Crippen LogP contribution in [0.3, 0.4) is 0 Å². The Labute approximate surface area is 234 Å². The van der Waals surface area contributed by atoms with E-state index in [1.54, 1.807) is 41.6 Å². The number of tetrazole rings is 1. The lowest BCUT2D eigenvalue weighted by molar-refractivity contribution is 0.0934. The van der Waals surface area contributed by atoms with E-state index in [2.05, 4.69) is 36.9 Å². The Kier molecular flexibility index (Phi) is 7.13. The highest BCUT2D eigenvalue weighted by Crippen LogP contribution is 2.37. The van der Waals surface area contributed by atoms with Gasteiger partial charge in [0.2, 0.25) is 0 Å². The molecule has 1 aliphatic rings. The summed E-state index contributed by atoms with van der Waals surface area (Å²) in [5, 5.41) is 13.1. The van der Waals surface area contributed by atoms with Crippen molar-refractivity contribution in [1.82, 2.24) is 40.4 Å². The third-order valence-corrected chi connectivity index (χ3v) is 7.83. The maximum atomic E-state index is 13.5. The zero-order valence-corrected chi connectivity index (χ0v) is 23.2. The molecule has 2 amide bonds. The molecule has 2 aromatic heterocycles. The van der Waals surface area contributed by atoms with Gasteiger partial charge in [-0.3, -0.25) is 13.9 Å². The Hall–Kier alpha value is -4.92. The number of anilines is 1. The van der Waals surface area contributed by atoms with Crippen LogP contribution in [0.2, 0.25) is 0 Å². The van der Waals surface area contributed by atoms with Gasteiger partial charge in [0.1, 0.15) is 23.5 Å². The number of amides is 2. The number of halogens is 1. The number of aryl methyl sites for hydroxylation is 2. The van der Waals surface area contributed by atoms with Crippen molar-refractivity contribution in [2.24, 2.45) is 7.05 Å². The van der Waals surface area contributed by atoms with Crippen molar-refractivity contribution in [3.8, 4) is 5.69 Å². The molecule has 0 spiro atoms. The van der Waals surface area contributed by atoms with E-state index in [1.165, 1.54) is 25.4 Å². The van der Waals surface area contributed by atoms with Gasteiger partial charge >= 0.3 is 5.69 Å². The molecule has 0 saturated heterocycles. The summed E-state index contributed by atoms with van der Waals surface area (Å²) in [4.78, 5) is 46.2. The van der Waals surface area contributed by atoms with Crippen LogP contribution in [0, 0.1) is 12.7 Å². The smallest absolute Gasteiger partial charge is 0.347 e. The van der Waals surface area contributed by atoms with Crippen LogP contribution >= 0.6 is 0 Å². The molecule has 0 fully saturated rings. The van der Waals surface area contributed by atoms with Crippen LogP contribution in [0.25, 0.3) is 5.69 Å². The topological polar surface area (TPSA) is 157 Å². The largest absolute Gasteiger partial charge is 0.368 e. The minimum absolute atomic E-state index is 0.0224. The maximum absolute atomic E-state index is 13.5. The van der Waals surface area contributed by atoms with Crippen molar-refractivity contribution >= 4 is 33.1 Å². The van der Waals surface area contributed by atoms with E-state index < -0.39 is 33.3 Å². The monoisotopic (exact) mass is 579 g/mol. The molecule has 15 heteroatoms. The van der Waals surface area contributed by atoms with Gasteiger partial charge in [-0.05, 0) is 52.5 Å².